The summed E-state index contributed by atoms with van der Waals surface area (Å²) in [5, 5.41) is 2.33. The molecule has 2 aromatic heterocycles. The lowest BCUT2D eigenvalue weighted by molar-refractivity contribution is 0.153. The van der Waals surface area contributed by atoms with E-state index in [1.165, 1.54) is 9.96 Å². The van der Waals surface area contributed by atoms with Crippen molar-refractivity contribution in [3.05, 3.63) is 193 Å². The molecule has 0 radical (unpaired) electrons. The number of hydrogen-bond donors (Lipinski definition) is 0. The van der Waals surface area contributed by atoms with Gasteiger partial charge in [-0.3, -0.25) is 4.57 Å². The maximum atomic E-state index is 15.0. The normalized spacial score (nSPS) is 15.1. The predicted molar refractivity (Wildman–Crippen MR) is 276 cm³/mol. The minimum absolute atomic E-state index is 0.0533. The van der Waals surface area contributed by atoms with Gasteiger partial charge in [-0.25, -0.2) is 14.7 Å². The third kappa shape index (κ3) is 8.09. The molecule has 3 heterocycles. The van der Waals surface area contributed by atoms with Crippen molar-refractivity contribution in [2.75, 3.05) is 9.96 Å². The van der Waals surface area contributed by atoms with Crippen LogP contribution in [0.4, 0.5) is 27.5 Å². The summed E-state index contributed by atoms with van der Waals surface area (Å²) >= 11 is 0. The summed E-state index contributed by atoms with van der Waals surface area (Å²) in [5.74, 6) is 1.21. The van der Waals surface area contributed by atoms with Gasteiger partial charge in [0.25, 0.3) is 0 Å². The van der Waals surface area contributed by atoms with Gasteiger partial charge < -0.3 is 9.57 Å². The molecule has 10 rings (SSSR count). The molecule has 67 heavy (non-hydrogen) atoms. The summed E-state index contributed by atoms with van der Waals surface area (Å²) in [6.07, 6.45) is 0.896. The first-order valence-electron chi connectivity index (χ1n) is 26.8. The second-order valence-electron chi connectivity index (χ2n) is 20.0. The second kappa shape index (κ2) is 16.4. The molecule has 0 fully saturated rings. The summed E-state index contributed by atoms with van der Waals surface area (Å²) in [5.41, 5.74) is 6.24. The molecule has 0 saturated carbocycles. The van der Waals surface area contributed by atoms with E-state index in [0.717, 1.165) is 22.3 Å². The fourth-order valence-corrected chi connectivity index (χ4v) is 8.56. The first-order chi connectivity index (χ1) is 35.8. The van der Waals surface area contributed by atoms with Crippen molar-refractivity contribution in [3.63, 3.8) is 0 Å². The van der Waals surface area contributed by atoms with Gasteiger partial charge in [0.1, 0.15) is 23.0 Å². The van der Waals surface area contributed by atoms with Crippen molar-refractivity contribution in [3.8, 4) is 39.6 Å². The Morgan fingerprint density at radius 2 is 1.19 bits per heavy atom. The van der Waals surface area contributed by atoms with E-state index >= 15 is 0 Å². The van der Waals surface area contributed by atoms with Gasteiger partial charge >= 0.3 is 6.09 Å². The van der Waals surface area contributed by atoms with Gasteiger partial charge in [0.15, 0.2) is 0 Å². The molecule has 0 spiro atoms. The van der Waals surface area contributed by atoms with Crippen molar-refractivity contribution < 1.29 is 26.7 Å². The van der Waals surface area contributed by atoms with Gasteiger partial charge in [0, 0.05) is 40.2 Å². The molecule has 1 aliphatic rings. The average Bonchev–Trinajstić information content (AvgIpc) is 3.78. The number of carbonyl (C=O) groups is 1. The molecule has 0 saturated heterocycles. The number of carbonyl (C=O) groups excluding carboxylic acids is 1. The minimum atomic E-state index is -0.799. The van der Waals surface area contributed by atoms with Gasteiger partial charge in [-0.1, -0.05) is 165 Å². The maximum Gasteiger partial charge on any atom is 0.443 e. The number of aromatic nitrogens is 2. The van der Waals surface area contributed by atoms with Crippen molar-refractivity contribution >= 4 is 50.6 Å². The topological polar surface area (TPSA) is 59.8 Å². The van der Waals surface area contributed by atoms with Crippen molar-refractivity contribution in [1.29, 1.82) is 0 Å². The van der Waals surface area contributed by atoms with E-state index in [1.807, 2.05) is 18.2 Å². The molecule has 334 valence electrons. The lowest BCUT2D eigenvalue weighted by Gasteiger charge is -2.37. The van der Waals surface area contributed by atoms with Gasteiger partial charge in [-0.15, -0.1) is 0 Å². The average molecular weight is 890 g/mol. The Morgan fingerprint density at radius 1 is 0.552 bits per heavy atom. The molecule has 0 bridgehead atoms. The van der Waals surface area contributed by atoms with Crippen LogP contribution in [-0.4, -0.2) is 15.6 Å². The van der Waals surface area contributed by atoms with E-state index in [1.54, 1.807) is 89.6 Å². The summed E-state index contributed by atoms with van der Waals surface area (Å²) in [4.78, 5) is 27.5. The highest BCUT2D eigenvalue weighted by Gasteiger charge is 2.36. The maximum absolute atomic E-state index is 15.0. The van der Waals surface area contributed by atoms with Crippen molar-refractivity contribution in [2.24, 2.45) is 0 Å². The largest absolute Gasteiger partial charge is 0.457 e. The lowest BCUT2D eigenvalue weighted by Crippen LogP contribution is -2.38. The molecule has 1 amide bonds. The summed E-state index contributed by atoms with van der Waals surface area (Å²) < 4.78 is 87.6. The summed E-state index contributed by atoms with van der Waals surface area (Å²) in [6, 6.07) is 31.6. The first kappa shape index (κ1) is 33.8. The highest BCUT2D eigenvalue weighted by molar-refractivity contribution is 6.10. The van der Waals surface area contributed by atoms with Crippen LogP contribution in [0.1, 0.15) is 91.3 Å². The smallest absolute Gasteiger partial charge is 0.443 e. The summed E-state index contributed by atoms with van der Waals surface area (Å²) in [6.45, 7) is 19.1. The molecular formula is C60H56N4O3. The van der Waals surface area contributed by atoms with Crippen molar-refractivity contribution in [1.82, 2.24) is 9.55 Å². The number of amides is 1. The van der Waals surface area contributed by atoms with E-state index < -0.39 is 36.3 Å². The van der Waals surface area contributed by atoms with E-state index in [2.05, 4.69) is 80.5 Å². The Balaban J connectivity index is 1.11. The van der Waals surface area contributed by atoms with E-state index in [4.69, 9.17) is 26.9 Å². The Labute approximate surface area is 406 Å². The standard InChI is InChI=1S/C60H56N4O3/c1-58(2,3)41-31-32-61-55(36-41)63-51-26-14-13-23-49(51)50-30-29-46(38-54(50)63)66-45-22-17-21-44(37-45)62-52-27-15-16-28-53(52)64(67-57(62)65)56-47(39-19-11-10-12-20-39)24-18-25-48(56)40-33-42(59(4,5)6)35-43(34-40)60(7,8)9/h10-38H,1-9H3/i10D,11D,12D,13D,14D,19D,20D,23D,26D. The second-order valence-corrected chi connectivity index (χ2v) is 20.0. The van der Waals surface area contributed by atoms with Crippen LogP contribution < -0.4 is 14.7 Å². The third-order valence-electron chi connectivity index (χ3n) is 12.2. The fourth-order valence-electron chi connectivity index (χ4n) is 8.56. The zero-order valence-corrected chi connectivity index (χ0v) is 39.1. The molecule has 0 unspecified atom stereocenters. The van der Waals surface area contributed by atoms with Crippen LogP contribution in [0.2, 0.25) is 0 Å². The molecule has 0 N–H and O–H groups in total. The van der Waals surface area contributed by atoms with Crippen LogP contribution in [0.25, 0.3) is 49.9 Å². The Hall–Kier alpha value is -7.64. The van der Waals surface area contributed by atoms with Gasteiger partial charge in [-0.2, -0.15) is 5.06 Å². The molecule has 0 atom stereocenters. The Morgan fingerprint density at radius 3 is 1.91 bits per heavy atom. The molecular weight excluding hydrogens is 825 g/mol. The molecule has 7 heteroatoms. The van der Waals surface area contributed by atoms with Crippen LogP contribution in [0.15, 0.2) is 176 Å². The lowest BCUT2D eigenvalue weighted by atomic mass is 9.78. The van der Waals surface area contributed by atoms with Crippen LogP contribution >= 0.6 is 0 Å². The number of rotatable bonds is 7. The molecule has 9 aromatic rings. The van der Waals surface area contributed by atoms with Crippen LogP contribution in [-0.2, 0) is 21.1 Å². The zero-order chi connectivity index (χ0) is 54.7. The molecule has 7 nitrogen and oxygen atoms in total. The quantitative estimate of drug-likeness (QED) is 0.160. The van der Waals surface area contributed by atoms with Crippen LogP contribution in [0.5, 0.6) is 11.5 Å². The molecule has 7 aromatic carbocycles. The van der Waals surface area contributed by atoms with Gasteiger partial charge in [-0.05, 0) is 98.6 Å². The Bertz CT molecular complexity index is 3830. The highest BCUT2D eigenvalue weighted by atomic mass is 16.7. The van der Waals surface area contributed by atoms with E-state index in [0.29, 0.717) is 61.9 Å². The molecule has 1 aliphatic heterocycles. The van der Waals surface area contributed by atoms with E-state index in [-0.39, 0.29) is 57.1 Å². The number of ether oxygens (including phenoxy) is 1. The van der Waals surface area contributed by atoms with Crippen LogP contribution in [0.3, 0.4) is 0 Å². The minimum Gasteiger partial charge on any atom is -0.457 e. The number of fused-ring (bicyclic) bond motifs is 4. The number of pyridine rings is 1. The van der Waals surface area contributed by atoms with Gasteiger partial charge in [0.2, 0.25) is 0 Å². The van der Waals surface area contributed by atoms with Crippen molar-refractivity contribution in [2.45, 2.75) is 78.6 Å². The first-order valence-corrected chi connectivity index (χ1v) is 22.3. The van der Waals surface area contributed by atoms with Crippen LogP contribution in [0, 0.1) is 0 Å². The molecule has 0 aliphatic carbocycles. The predicted octanol–water partition coefficient (Wildman–Crippen LogP) is 16.5. The number of anilines is 4. The fraction of sp³-hybridized carbons (Fsp3) is 0.200. The number of nitrogens with zero attached hydrogens (tertiary/aromatic N) is 4. The third-order valence-corrected chi connectivity index (χ3v) is 12.2. The number of para-hydroxylation sites is 4. The number of benzene rings is 7. The number of hydrogen-bond acceptors (Lipinski definition) is 5. The summed E-state index contributed by atoms with van der Waals surface area (Å²) in [7, 11) is 0. The zero-order valence-electron chi connectivity index (χ0n) is 48.1. The monoisotopic (exact) mass is 889 g/mol. The Kier molecular flexibility index (Phi) is 8.25. The highest BCUT2D eigenvalue weighted by Crippen LogP contribution is 2.50. The van der Waals surface area contributed by atoms with E-state index in [9.17, 15) is 4.79 Å². The van der Waals surface area contributed by atoms with Gasteiger partial charge in [0.05, 0.1) is 40.4 Å². The SMILES string of the molecule is [2H]c1c([2H])c([2H])c(-c2cccc(-c3cc(C(C)(C)C)cc(C(C)(C)C)c3)c2N2OC(=O)N(c3cccc(Oc4ccc5c6c([2H])c([2H])c([2H])c([2H])c6n(-c6cc(C(C)(C)C)ccn6)c5c4)c3)c3ccccc32)c([2H])c1[2H].